The minimum atomic E-state index is -0.0122. The predicted molar refractivity (Wildman–Crippen MR) is 133 cm³/mol. The summed E-state index contributed by atoms with van der Waals surface area (Å²) < 4.78 is 2.72. The van der Waals surface area contributed by atoms with Gasteiger partial charge in [-0.3, -0.25) is 14.3 Å². The van der Waals surface area contributed by atoms with Crippen molar-refractivity contribution in [2.75, 3.05) is 27.2 Å². The van der Waals surface area contributed by atoms with E-state index in [9.17, 15) is 10.0 Å². The Morgan fingerprint density at radius 1 is 1.06 bits per heavy atom. The first-order chi connectivity index (χ1) is 16.5. The largest absolute Gasteiger partial charge is 0.619 e. The SMILES string of the molecule is CCC(c1nc2c(c(=O)n1Cc1ccccc1)CCC2)N(CCN(C)C)Cc1cc[n+]([O-])cc1. The third kappa shape index (κ3) is 5.54. The molecule has 7 nitrogen and oxygen atoms in total. The molecule has 1 aliphatic rings. The van der Waals surface area contributed by atoms with Crippen LogP contribution in [0.3, 0.4) is 0 Å². The predicted octanol–water partition coefficient (Wildman–Crippen LogP) is 2.93. The zero-order chi connectivity index (χ0) is 24.1. The van der Waals surface area contributed by atoms with Gasteiger partial charge in [0.05, 0.1) is 18.3 Å². The summed E-state index contributed by atoms with van der Waals surface area (Å²) in [6.07, 6.45) is 6.60. The van der Waals surface area contributed by atoms with Crippen molar-refractivity contribution in [1.82, 2.24) is 19.4 Å². The van der Waals surface area contributed by atoms with Crippen LogP contribution in [-0.2, 0) is 25.9 Å². The minimum absolute atomic E-state index is 0.0122. The summed E-state index contributed by atoms with van der Waals surface area (Å²) in [5.41, 5.74) is 4.14. The summed E-state index contributed by atoms with van der Waals surface area (Å²) in [6.45, 7) is 5.09. The molecule has 0 spiro atoms. The Bertz CT molecular complexity index is 1140. The smallest absolute Gasteiger partial charge is 0.257 e. The summed E-state index contributed by atoms with van der Waals surface area (Å²) >= 11 is 0. The second-order valence-corrected chi connectivity index (χ2v) is 9.39. The van der Waals surface area contributed by atoms with Crippen LogP contribution < -0.4 is 10.3 Å². The van der Waals surface area contributed by atoms with Gasteiger partial charge in [-0.05, 0) is 50.9 Å². The van der Waals surface area contributed by atoms with Crippen LogP contribution in [0.15, 0.2) is 59.7 Å². The summed E-state index contributed by atoms with van der Waals surface area (Å²) in [5, 5.41) is 11.5. The quantitative estimate of drug-likeness (QED) is 0.343. The molecule has 0 radical (unpaired) electrons. The van der Waals surface area contributed by atoms with Crippen LogP contribution in [0.25, 0.3) is 0 Å². The first-order valence-electron chi connectivity index (χ1n) is 12.2. The number of pyridine rings is 1. The molecule has 0 aliphatic heterocycles. The van der Waals surface area contributed by atoms with E-state index in [1.807, 2.05) is 34.9 Å². The maximum atomic E-state index is 13.6. The molecule has 34 heavy (non-hydrogen) atoms. The minimum Gasteiger partial charge on any atom is -0.619 e. The third-order valence-electron chi connectivity index (χ3n) is 6.62. The second kappa shape index (κ2) is 10.9. The fraction of sp³-hybridized carbons (Fsp3) is 0.444. The Morgan fingerprint density at radius 3 is 2.47 bits per heavy atom. The summed E-state index contributed by atoms with van der Waals surface area (Å²) in [6, 6.07) is 13.9. The highest BCUT2D eigenvalue weighted by Gasteiger charge is 2.28. The van der Waals surface area contributed by atoms with Gasteiger partial charge in [0.25, 0.3) is 5.56 Å². The zero-order valence-corrected chi connectivity index (χ0v) is 20.5. The third-order valence-corrected chi connectivity index (χ3v) is 6.62. The highest BCUT2D eigenvalue weighted by molar-refractivity contribution is 5.26. The molecule has 1 atom stereocenters. The van der Waals surface area contributed by atoms with Gasteiger partial charge < -0.3 is 10.1 Å². The lowest BCUT2D eigenvalue weighted by Crippen LogP contribution is -2.39. The summed E-state index contributed by atoms with van der Waals surface area (Å²) in [7, 11) is 4.14. The Balaban J connectivity index is 1.76. The molecule has 0 saturated heterocycles. The van der Waals surface area contributed by atoms with E-state index < -0.39 is 0 Å². The number of aryl methyl sites for hydroxylation is 1. The van der Waals surface area contributed by atoms with Gasteiger partial charge >= 0.3 is 0 Å². The van der Waals surface area contributed by atoms with Crippen LogP contribution in [0, 0.1) is 5.21 Å². The van der Waals surface area contributed by atoms with E-state index in [1.165, 1.54) is 0 Å². The van der Waals surface area contributed by atoms with Gasteiger partial charge in [-0.1, -0.05) is 37.3 Å². The van der Waals surface area contributed by atoms with Crippen LogP contribution in [0.2, 0.25) is 0 Å². The molecule has 1 aliphatic carbocycles. The fourth-order valence-electron chi connectivity index (χ4n) is 4.78. The van der Waals surface area contributed by atoms with E-state index in [0.29, 0.717) is 13.1 Å². The number of hydrogen-bond acceptors (Lipinski definition) is 5. The van der Waals surface area contributed by atoms with E-state index in [-0.39, 0.29) is 11.6 Å². The topological polar surface area (TPSA) is 68.3 Å². The Morgan fingerprint density at radius 2 is 1.79 bits per heavy atom. The van der Waals surface area contributed by atoms with Crippen LogP contribution in [0.4, 0.5) is 0 Å². The van der Waals surface area contributed by atoms with E-state index >= 15 is 0 Å². The molecule has 2 aromatic heterocycles. The zero-order valence-electron chi connectivity index (χ0n) is 20.5. The van der Waals surface area contributed by atoms with Crippen molar-refractivity contribution in [2.24, 2.45) is 0 Å². The van der Waals surface area contributed by atoms with E-state index in [2.05, 4.69) is 43.0 Å². The molecule has 0 fully saturated rings. The number of likely N-dealkylation sites (N-methyl/N-ethyl adjacent to an activating group) is 1. The Labute approximate surface area is 201 Å². The van der Waals surface area contributed by atoms with E-state index in [4.69, 9.17) is 4.98 Å². The van der Waals surface area contributed by atoms with Crippen molar-refractivity contribution in [2.45, 2.75) is 51.7 Å². The number of nitrogens with zero attached hydrogens (tertiary/aromatic N) is 5. The van der Waals surface area contributed by atoms with Gasteiger partial charge in [-0.2, -0.15) is 4.73 Å². The number of aromatic nitrogens is 3. The Hall–Kier alpha value is -3.03. The standard InChI is InChI=1S/C27H35N5O2/c1-4-25(30(18-17-29(2)3)19-22-13-15-31(34)16-14-22)26-28-24-12-8-11-23(24)27(33)32(26)20-21-9-6-5-7-10-21/h5-7,9-10,13-16,25H,4,8,11-12,17-20H2,1-3H3. The molecule has 1 aromatic carbocycles. The molecule has 0 N–H and O–H groups in total. The molecule has 180 valence electrons. The van der Waals surface area contributed by atoms with Gasteiger partial charge in [0.2, 0.25) is 0 Å². The number of rotatable bonds is 10. The summed E-state index contributed by atoms with van der Waals surface area (Å²) in [4.78, 5) is 23.4. The molecule has 2 heterocycles. The van der Waals surface area contributed by atoms with Crippen LogP contribution >= 0.6 is 0 Å². The highest BCUT2D eigenvalue weighted by atomic mass is 16.5. The number of benzene rings is 1. The molecule has 0 amide bonds. The molecule has 4 rings (SSSR count). The molecular weight excluding hydrogens is 426 g/mol. The normalized spacial score (nSPS) is 14.0. The maximum Gasteiger partial charge on any atom is 0.257 e. The lowest BCUT2D eigenvalue weighted by atomic mass is 10.1. The molecule has 1 unspecified atom stereocenters. The monoisotopic (exact) mass is 461 g/mol. The number of hydrogen-bond donors (Lipinski definition) is 0. The molecule has 7 heteroatoms. The van der Waals surface area contributed by atoms with Crippen LogP contribution in [-0.4, -0.2) is 46.5 Å². The van der Waals surface area contributed by atoms with E-state index in [1.54, 1.807) is 12.4 Å². The Kier molecular flexibility index (Phi) is 7.75. The van der Waals surface area contributed by atoms with Crippen molar-refractivity contribution in [3.8, 4) is 0 Å². The second-order valence-electron chi connectivity index (χ2n) is 9.39. The van der Waals surface area contributed by atoms with Gasteiger partial charge in [0.1, 0.15) is 5.82 Å². The van der Waals surface area contributed by atoms with Crippen molar-refractivity contribution in [3.63, 3.8) is 0 Å². The first kappa shape index (κ1) is 24.1. The van der Waals surface area contributed by atoms with Crippen LogP contribution in [0.1, 0.15) is 54.0 Å². The van der Waals surface area contributed by atoms with Crippen molar-refractivity contribution < 1.29 is 4.73 Å². The average molecular weight is 462 g/mol. The lowest BCUT2D eigenvalue weighted by Gasteiger charge is -2.33. The van der Waals surface area contributed by atoms with Crippen molar-refractivity contribution in [3.05, 3.63) is 98.6 Å². The number of fused-ring (bicyclic) bond motifs is 1. The average Bonchev–Trinajstić information content (AvgIpc) is 3.31. The van der Waals surface area contributed by atoms with Gasteiger partial charge in [-0.15, -0.1) is 0 Å². The van der Waals surface area contributed by atoms with Gasteiger partial charge in [0, 0.05) is 37.3 Å². The highest BCUT2D eigenvalue weighted by Crippen LogP contribution is 2.27. The maximum absolute atomic E-state index is 13.6. The molecule has 0 saturated carbocycles. The first-order valence-corrected chi connectivity index (χ1v) is 12.2. The van der Waals surface area contributed by atoms with Crippen molar-refractivity contribution >= 4 is 0 Å². The van der Waals surface area contributed by atoms with Crippen LogP contribution in [0.5, 0.6) is 0 Å². The molecule has 0 bridgehead atoms. The molecular formula is C27H35N5O2. The van der Waals surface area contributed by atoms with Gasteiger partial charge in [0.15, 0.2) is 12.4 Å². The van der Waals surface area contributed by atoms with E-state index in [0.717, 1.165) is 71.7 Å². The molecule has 3 aromatic rings. The lowest BCUT2D eigenvalue weighted by molar-refractivity contribution is -0.605. The van der Waals surface area contributed by atoms with Gasteiger partial charge in [-0.25, -0.2) is 4.98 Å². The fourth-order valence-corrected chi connectivity index (χ4v) is 4.78. The van der Waals surface area contributed by atoms with Crippen molar-refractivity contribution in [1.29, 1.82) is 0 Å². The summed E-state index contributed by atoms with van der Waals surface area (Å²) in [5.74, 6) is 0.852.